The van der Waals surface area contributed by atoms with Crippen LogP contribution in [0.5, 0.6) is 0 Å². The summed E-state index contributed by atoms with van der Waals surface area (Å²) in [6.07, 6.45) is 1.90. The van der Waals surface area contributed by atoms with E-state index in [-0.39, 0.29) is 10.5 Å². The molecular weight excluding hydrogens is 400 g/mol. The average Bonchev–Trinajstić information content (AvgIpc) is 2.64. The maximum atomic E-state index is 12.2. The molecule has 0 unspecified atom stereocenters. The van der Waals surface area contributed by atoms with Gasteiger partial charge >= 0.3 is 0 Å². The van der Waals surface area contributed by atoms with Crippen molar-refractivity contribution in [3.63, 3.8) is 0 Å². The Kier molecular flexibility index (Phi) is 7.18. The third-order valence-electron chi connectivity index (χ3n) is 3.85. The number of nitriles is 1. The molecule has 0 saturated carbocycles. The van der Waals surface area contributed by atoms with Crippen LogP contribution in [0.25, 0.3) is 0 Å². The van der Waals surface area contributed by atoms with Gasteiger partial charge in [-0.15, -0.1) is 0 Å². The molecule has 0 aliphatic heterocycles. The number of hydrogen-bond donors (Lipinski definition) is 3. The van der Waals surface area contributed by atoms with Gasteiger partial charge in [0.15, 0.2) is 0 Å². The van der Waals surface area contributed by atoms with Crippen molar-refractivity contribution >= 4 is 33.2 Å². The standard InChI is InChI=1S/C19H19ClN4O3S/c1-13-2-5-16(10-18(13)20)24-19(25)15(11-21)12-23-9-8-14-3-6-17(7-4-14)28(22,26)27/h2-7,10,12,23H,8-9H2,1H3,(H,24,25)(H2,22,26,27)/b15-12-. The number of carbonyl (C=O) groups is 1. The first-order chi connectivity index (χ1) is 13.2. The predicted molar refractivity (Wildman–Crippen MR) is 108 cm³/mol. The minimum atomic E-state index is -3.71. The third kappa shape index (κ3) is 6.09. The maximum Gasteiger partial charge on any atom is 0.267 e. The molecule has 0 spiro atoms. The molecule has 9 heteroatoms. The molecule has 2 rings (SSSR count). The number of halogens is 1. The Morgan fingerprint density at radius 3 is 2.50 bits per heavy atom. The van der Waals surface area contributed by atoms with Gasteiger partial charge in [-0.25, -0.2) is 13.6 Å². The Morgan fingerprint density at radius 1 is 1.25 bits per heavy atom. The molecule has 0 aliphatic rings. The first kappa shape index (κ1) is 21.4. The highest BCUT2D eigenvalue weighted by molar-refractivity contribution is 7.89. The lowest BCUT2D eigenvalue weighted by molar-refractivity contribution is -0.112. The molecule has 4 N–H and O–H groups in total. The molecule has 1 amide bonds. The van der Waals surface area contributed by atoms with E-state index in [0.29, 0.717) is 23.7 Å². The second-order valence-electron chi connectivity index (χ2n) is 5.98. The van der Waals surface area contributed by atoms with E-state index in [1.807, 2.05) is 13.0 Å². The summed E-state index contributed by atoms with van der Waals surface area (Å²) < 4.78 is 22.4. The van der Waals surface area contributed by atoms with Gasteiger partial charge in [-0.2, -0.15) is 5.26 Å². The molecule has 0 radical (unpaired) electrons. The lowest BCUT2D eigenvalue weighted by atomic mass is 10.1. The topological polar surface area (TPSA) is 125 Å². The minimum absolute atomic E-state index is 0.0451. The second-order valence-corrected chi connectivity index (χ2v) is 7.95. The largest absolute Gasteiger partial charge is 0.389 e. The van der Waals surface area contributed by atoms with E-state index in [4.69, 9.17) is 16.7 Å². The average molecular weight is 419 g/mol. The van der Waals surface area contributed by atoms with E-state index in [1.54, 1.807) is 30.3 Å². The molecule has 0 aromatic heterocycles. The highest BCUT2D eigenvalue weighted by Crippen LogP contribution is 2.20. The summed E-state index contributed by atoms with van der Waals surface area (Å²) in [4.78, 5) is 12.2. The fourth-order valence-electron chi connectivity index (χ4n) is 2.25. The molecule has 2 aromatic carbocycles. The zero-order valence-corrected chi connectivity index (χ0v) is 16.6. The van der Waals surface area contributed by atoms with Crippen molar-refractivity contribution in [2.24, 2.45) is 5.14 Å². The number of rotatable bonds is 7. The third-order valence-corrected chi connectivity index (χ3v) is 5.19. The van der Waals surface area contributed by atoms with Crippen LogP contribution in [-0.2, 0) is 21.2 Å². The number of sulfonamides is 1. The van der Waals surface area contributed by atoms with Gasteiger partial charge in [0.05, 0.1) is 4.90 Å². The normalized spacial score (nSPS) is 11.6. The monoisotopic (exact) mass is 418 g/mol. The van der Waals surface area contributed by atoms with Crippen molar-refractivity contribution in [3.05, 3.63) is 70.4 Å². The van der Waals surface area contributed by atoms with Gasteiger partial charge < -0.3 is 10.6 Å². The van der Waals surface area contributed by atoms with Crippen molar-refractivity contribution in [2.45, 2.75) is 18.2 Å². The molecule has 7 nitrogen and oxygen atoms in total. The highest BCUT2D eigenvalue weighted by Gasteiger charge is 2.10. The number of benzene rings is 2. The quantitative estimate of drug-likeness (QED) is 0.362. The number of anilines is 1. The van der Waals surface area contributed by atoms with Crippen LogP contribution in [0, 0.1) is 18.3 Å². The Balaban J connectivity index is 1.91. The lowest BCUT2D eigenvalue weighted by Gasteiger charge is -2.07. The fourth-order valence-corrected chi connectivity index (χ4v) is 2.95. The summed E-state index contributed by atoms with van der Waals surface area (Å²) in [6, 6.07) is 13.1. The van der Waals surface area contributed by atoms with Crippen LogP contribution >= 0.6 is 11.6 Å². The summed E-state index contributed by atoms with van der Waals surface area (Å²) in [7, 11) is -3.71. The van der Waals surface area contributed by atoms with Crippen molar-refractivity contribution in [3.8, 4) is 6.07 Å². The summed E-state index contributed by atoms with van der Waals surface area (Å²) in [5.74, 6) is -0.549. The van der Waals surface area contributed by atoms with Crippen LogP contribution in [0.1, 0.15) is 11.1 Å². The number of nitrogens with two attached hydrogens (primary N) is 1. The Labute approximate surface area is 168 Å². The number of nitrogens with zero attached hydrogens (tertiary/aromatic N) is 1. The van der Waals surface area contributed by atoms with Crippen molar-refractivity contribution in [1.29, 1.82) is 5.26 Å². The van der Waals surface area contributed by atoms with Crippen molar-refractivity contribution in [2.75, 3.05) is 11.9 Å². The first-order valence-electron chi connectivity index (χ1n) is 8.23. The van der Waals surface area contributed by atoms with Crippen LogP contribution in [0.4, 0.5) is 5.69 Å². The van der Waals surface area contributed by atoms with Gasteiger partial charge in [0.25, 0.3) is 5.91 Å². The van der Waals surface area contributed by atoms with E-state index in [9.17, 15) is 18.5 Å². The van der Waals surface area contributed by atoms with E-state index in [2.05, 4.69) is 10.6 Å². The number of nitrogens with one attached hydrogen (secondary N) is 2. The molecule has 0 atom stereocenters. The van der Waals surface area contributed by atoms with Gasteiger partial charge in [0.1, 0.15) is 11.6 Å². The van der Waals surface area contributed by atoms with Gasteiger partial charge in [0, 0.05) is 23.5 Å². The van der Waals surface area contributed by atoms with Crippen molar-refractivity contribution in [1.82, 2.24) is 5.32 Å². The van der Waals surface area contributed by atoms with Crippen LogP contribution in [-0.4, -0.2) is 20.9 Å². The zero-order valence-electron chi connectivity index (χ0n) is 15.1. The van der Waals surface area contributed by atoms with Crippen LogP contribution in [0.2, 0.25) is 5.02 Å². The molecule has 0 bridgehead atoms. The van der Waals surface area contributed by atoms with Crippen molar-refractivity contribution < 1.29 is 13.2 Å². The highest BCUT2D eigenvalue weighted by atomic mass is 35.5. The van der Waals surface area contributed by atoms with E-state index in [0.717, 1.165) is 11.1 Å². The molecule has 0 aliphatic carbocycles. The maximum absolute atomic E-state index is 12.2. The first-order valence-corrected chi connectivity index (χ1v) is 10.2. The van der Waals surface area contributed by atoms with Gasteiger partial charge in [-0.3, -0.25) is 4.79 Å². The molecular formula is C19H19ClN4O3S. The summed E-state index contributed by atoms with van der Waals surface area (Å²) in [6.45, 7) is 2.30. The molecule has 0 saturated heterocycles. The summed E-state index contributed by atoms with van der Waals surface area (Å²) in [5, 5.41) is 20.3. The number of hydrogen-bond acceptors (Lipinski definition) is 5. The second kappa shape index (κ2) is 9.37. The number of carbonyl (C=O) groups excluding carboxylic acids is 1. The number of primary sulfonamides is 1. The Hall–Kier alpha value is -2.86. The van der Waals surface area contributed by atoms with Crippen LogP contribution in [0.3, 0.4) is 0 Å². The van der Waals surface area contributed by atoms with Gasteiger partial charge in [0.2, 0.25) is 10.0 Å². The smallest absolute Gasteiger partial charge is 0.267 e. The van der Waals surface area contributed by atoms with E-state index >= 15 is 0 Å². The molecule has 0 heterocycles. The predicted octanol–water partition coefficient (Wildman–Crippen LogP) is 2.47. The molecule has 2 aromatic rings. The van der Waals surface area contributed by atoms with Gasteiger partial charge in [-0.05, 0) is 48.7 Å². The number of aryl methyl sites for hydroxylation is 1. The summed E-state index contributed by atoms with van der Waals surface area (Å²) in [5.41, 5.74) is 2.18. The molecule has 28 heavy (non-hydrogen) atoms. The lowest BCUT2D eigenvalue weighted by Crippen LogP contribution is -2.18. The summed E-state index contributed by atoms with van der Waals surface area (Å²) >= 11 is 6.02. The zero-order chi connectivity index (χ0) is 20.7. The van der Waals surface area contributed by atoms with Crippen LogP contribution < -0.4 is 15.8 Å². The molecule has 0 fully saturated rings. The SMILES string of the molecule is Cc1ccc(NC(=O)/C(C#N)=C\NCCc2ccc(S(N)(=O)=O)cc2)cc1Cl. The Bertz CT molecular complexity index is 1040. The Morgan fingerprint density at radius 2 is 1.93 bits per heavy atom. The fraction of sp³-hybridized carbons (Fsp3) is 0.158. The molecule has 146 valence electrons. The minimum Gasteiger partial charge on any atom is -0.389 e. The van der Waals surface area contributed by atoms with Gasteiger partial charge in [-0.1, -0.05) is 29.8 Å². The van der Waals surface area contributed by atoms with E-state index in [1.165, 1.54) is 18.3 Å². The number of amides is 1. The van der Waals surface area contributed by atoms with E-state index < -0.39 is 15.9 Å². The van der Waals surface area contributed by atoms with Crippen LogP contribution in [0.15, 0.2) is 59.1 Å².